The highest BCUT2D eigenvalue weighted by atomic mass is 16.3. The molecule has 0 aromatic heterocycles. The number of aliphatic hydroxyl groups is 1. The monoisotopic (exact) mass is 231 g/mol. The maximum absolute atomic E-state index is 9.05. The van der Waals surface area contributed by atoms with Crippen LogP contribution in [0.4, 0.5) is 0 Å². The van der Waals surface area contributed by atoms with Gasteiger partial charge in [0, 0.05) is 19.1 Å². The highest BCUT2D eigenvalue weighted by molar-refractivity contribution is 5.52. The predicted octanol–water partition coefficient (Wildman–Crippen LogP) is 2.55. The molecule has 17 heavy (non-hydrogen) atoms. The zero-order valence-electron chi connectivity index (χ0n) is 10.5. The van der Waals surface area contributed by atoms with E-state index < -0.39 is 0 Å². The van der Waals surface area contributed by atoms with E-state index in [0.29, 0.717) is 6.04 Å². The Morgan fingerprint density at radius 1 is 1.35 bits per heavy atom. The second-order valence-corrected chi connectivity index (χ2v) is 4.83. The predicted molar refractivity (Wildman–Crippen MR) is 71.8 cm³/mol. The Hall–Kier alpha value is -1.12. The molecule has 0 radical (unpaired) electrons. The number of hydrogen-bond donors (Lipinski definition) is 1. The van der Waals surface area contributed by atoms with E-state index in [1.54, 1.807) is 0 Å². The van der Waals surface area contributed by atoms with Gasteiger partial charge in [-0.1, -0.05) is 42.0 Å². The van der Waals surface area contributed by atoms with Gasteiger partial charge >= 0.3 is 0 Å². The van der Waals surface area contributed by atoms with E-state index in [0.717, 1.165) is 13.1 Å². The van der Waals surface area contributed by atoms with Gasteiger partial charge in [0.1, 0.15) is 0 Å². The molecule has 0 saturated heterocycles. The molecule has 2 rings (SSSR count). The van der Waals surface area contributed by atoms with E-state index in [1.807, 2.05) is 6.07 Å². The van der Waals surface area contributed by atoms with Crippen LogP contribution in [0.3, 0.4) is 0 Å². The van der Waals surface area contributed by atoms with Crippen LogP contribution >= 0.6 is 0 Å². The van der Waals surface area contributed by atoms with Crippen molar-refractivity contribution >= 4 is 6.08 Å². The van der Waals surface area contributed by atoms with Crippen molar-refractivity contribution < 1.29 is 5.11 Å². The molecule has 1 aliphatic rings. The molecule has 2 heteroatoms. The summed E-state index contributed by atoms with van der Waals surface area (Å²) in [4.78, 5) is 2.38. The van der Waals surface area contributed by atoms with Crippen molar-refractivity contribution in [3.63, 3.8) is 0 Å². The minimum absolute atomic E-state index is 0.259. The summed E-state index contributed by atoms with van der Waals surface area (Å²) in [6.07, 6.45) is 4.81. The Balaban J connectivity index is 1.94. The van der Waals surface area contributed by atoms with Crippen LogP contribution in [0.1, 0.15) is 25.3 Å². The quantitative estimate of drug-likeness (QED) is 0.813. The van der Waals surface area contributed by atoms with Gasteiger partial charge in [0.15, 0.2) is 0 Å². The molecular weight excluding hydrogens is 210 g/mol. The minimum Gasteiger partial charge on any atom is -0.395 e. The second kappa shape index (κ2) is 5.99. The number of rotatable bonds is 6. The number of nitrogens with zero attached hydrogens (tertiary/aromatic N) is 1. The molecule has 0 spiro atoms. The third-order valence-corrected chi connectivity index (χ3v) is 3.12. The Morgan fingerprint density at radius 2 is 2.06 bits per heavy atom. The summed E-state index contributed by atoms with van der Waals surface area (Å²) in [6, 6.07) is 11.1. The Labute approximate surface area is 104 Å². The van der Waals surface area contributed by atoms with E-state index >= 15 is 0 Å². The van der Waals surface area contributed by atoms with Gasteiger partial charge in [-0.3, -0.25) is 4.90 Å². The molecule has 1 N–H and O–H groups in total. The van der Waals surface area contributed by atoms with Gasteiger partial charge < -0.3 is 5.11 Å². The van der Waals surface area contributed by atoms with Crippen molar-refractivity contribution in [3.8, 4) is 0 Å². The summed E-state index contributed by atoms with van der Waals surface area (Å²) in [5.41, 5.74) is 2.61. The lowest BCUT2D eigenvalue weighted by Gasteiger charge is -2.21. The van der Waals surface area contributed by atoms with Crippen LogP contribution in [-0.2, 0) is 0 Å². The molecule has 0 bridgehead atoms. The smallest absolute Gasteiger partial charge is 0.0558 e. The maximum atomic E-state index is 9.05. The van der Waals surface area contributed by atoms with Crippen molar-refractivity contribution in [1.82, 2.24) is 4.90 Å². The van der Waals surface area contributed by atoms with Gasteiger partial charge in [-0.25, -0.2) is 0 Å². The third-order valence-electron chi connectivity index (χ3n) is 3.12. The van der Waals surface area contributed by atoms with Crippen LogP contribution < -0.4 is 0 Å². The molecule has 92 valence electrons. The molecule has 2 nitrogen and oxygen atoms in total. The van der Waals surface area contributed by atoms with E-state index in [9.17, 15) is 0 Å². The maximum Gasteiger partial charge on any atom is 0.0558 e. The van der Waals surface area contributed by atoms with E-state index in [2.05, 4.69) is 42.2 Å². The van der Waals surface area contributed by atoms with Gasteiger partial charge in [0.05, 0.1) is 6.61 Å². The first-order chi connectivity index (χ1) is 8.29. The van der Waals surface area contributed by atoms with E-state index in [-0.39, 0.29) is 6.61 Å². The summed E-state index contributed by atoms with van der Waals surface area (Å²) < 4.78 is 0. The minimum atomic E-state index is 0.259. The van der Waals surface area contributed by atoms with Crippen molar-refractivity contribution in [2.75, 3.05) is 19.7 Å². The number of benzene rings is 1. The molecule has 0 aliphatic heterocycles. The summed E-state index contributed by atoms with van der Waals surface area (Å²) in [5.74, 6) is 0. The second-order valence-electron chi connectivity index (χ2n) is 4.83. The van der Waals surface area contributed by atoms with Gasteiger partial charge in [-0.05, 0) is 25.3 Å². The lowest BCUT2D eigenvalue weighted by Crippen LogP contribution is -2.30. The fraction of sp³-hybridized carbons (Fsp3) is 0.467. The standard InChI is InChI=1S/C15H21NO/c1-13(11-14-5-3-2-4-6-14)12-16(9-10-17)15-7-8-15/h2-6,11,15,17H,7-10,12H2,1H3/b13-11-. The van der Waals surface area contributed by atoms with Gasteiger partial charge in [0.2, 0.25) is 0 Å². The molecular formula is C15H21NO. The topological polar surface area (TPSA) is 23.5 Å². The Morgan fingerprint density at radius 3 is 2.65 bits per heavy atom. The highest BCUT2D eigenvalue weighted by Gasteiger charge is 2.28. The lowest BCUT2D eigenvalue weighted by molar-refractivity contribution is 0.200. The summed E-state index contributed by atoms with van der Waals surface area (Å²) in [5, 5.41) is 9.05. The summed E-state index contributed by atoms with van der Waals surface area (Å²) >= 11 is 0. The molecule has 1 aliphatic carbocycles. The largest absolute Gasteiger partial charge is 0.395 e. The van der Waals surface area contributed by atoms with Crippen molar-refractivity contribution in [1.29, 1.82) is 0 Å². The summed E-state index contributed by atoms with van der Waals surface area (Å²) in [7, 11) is 0. The number of hydrogen-bond acceptors (Lipinski definition) is 2. The normalized spacial score (nSPS) is 16.5. The van der Waals surface area contributed by atoms with E-state index in [4.69, 9.17) is 5.11 Å². The van der Waals surface area contributed by atoms with Gasteiger partial charge in [0.25, 0.3) is 0 Å². The zero-order valence-corrected chi connectivity index (χ0v) is 10.5. The van der Waals surface area contributed by atoms with Crippen LogP contribution in [0.15, 0.2) is 35.9 Å². The Kier molecular flexibility index (Phi) is 4.35. The first-order valence-corrected chi connectivity index (χ1v) is 6.36. The fourth-order valence-corrected chi connectivity index (χ4v) is 2.16. The summed E-state index contributed by atoms with van der Waals surface area (Å²) in [6.45, 7) is 4.19. The van der Waals surface area contributed by atoms with Gasteiger partial charge in [-0.2, -0.15) is 0 Å². The number of aliphatic hydroxyl groups excluding tert-OH is 1. The van der Waals surface area contributed by atoms with E-state index in [1.165, 1.54) is 24.0 Å². The molecule has 1 saturated carbocycles. The molecule has 0 atom stereocenters. The molecule has 0 heterocycles. The van der Waals surface area contributed by atoms with Crippen LogP contribution in [0.2, 0.25) is 0 Å². The molecule has 1 aromatic rings. The Bertz CT molecular complexity index is 368. The fourth-order valence-electron chi connectivity index (χ4n) is 2.16. The first kappa shape index (κ1) is 12.3. The zero-order chi connectivity index (χ0) is 12.1. The highest BCUT2D eigenvalue weighted by Crippen LogP contribution is 2.27. The van der Waals surface area contributed by atoms with Crippen LogP contribution in [0.25, 0.3) is 6.08 Å². The van der Waals surface area contributed by atoms with Crippen molar-refractivity contribution in [2.24, 2.45) is 0 Å². The molecule has 1 aromatic carbocycles. The van der Waals surface area contributed by atoms with Crippen molar-refractivity contribution in [3.05, 3.63) is 41.5 Å². The molecule has 1 fully saturated rings. The molecule has 0 unspecified atom stereocenters. The average molecular weight is 231 g/mol. The van der Waals surface area contributed by atoms with Crippen LogP contribution in [-0.4, -0.2) is 35.7 Å². The van der Waals surface area contributed by atoms with Crippen LogP contribution in [0, 0.1) is 0 Å². The average Bonchev–Trinajstić information content (AvgIpc) is 3.13. The molecule has 0 amide bonds. The third kappa shape index (κ3) is 3.99. The first-order valence-electron chi connectivity index (χ1n) is 6.36. The van der Waals surface area contributed by atoms with Crippen molar-refractivity contribution in [2.45, 2.75) is 25.8 Å². The SMILES string of the molecule is C/C(=C/c1ccccc1)CN(CCO)C1CC1. The van der Waals surface area contributed by atoms with Gasteiger partial charge in [-0.15, -0.1) is 0 Å². The van der Waals surface area contributed by atoms with Crippen LogP contribution in [0.5, 0.6) is 0 Å². The lowest BCUT2D eigenvalue weighted by atomic mass is 10.1.